The van der Waals surface area contributed by atoms with E-state index in [-0.39, 0.29) is 0 Å². The van der Waals surface area contributed by atoms with Gasteiger partial charge in [0, 0.05) is 53.6 Å². The quantitative estimate of drug-likeness (QED) is 0.161. The van der Waals surface area contributed by atoms with Crippen molar-refractivity contribution in [3.63, 3.8) is 0 Å². The van der Waals surface area contributed by atoms with Gasteiger partial charge in [-0.3, -0.25) is 0 Å². The van der Waals surface area contributed by atoms with Gasteiger partial charge in [-0.25, -0.2) is 0 Å². The van der Waals surface area contributed by atoms with Gasteiger partial charge in [-0.1, -0.05) is 212 Å². The Bertz CT molecular complexity index is 4490. The molecule has 2 aliphatic rings. The van der Waals surface area contributed by atoms with Crippen molar-refractivity contribution in [2.75, 3.05) is 4.90 Å². The largest absolute Gasteiger partial charge is 0.310 e. The summed E-state index contributed by atoms with van der Waals surface area (Å²) in [4.78, 5) is 2.46. The molecule has 16 rings (SSSR count). The van der Waals surface area contributed by atoms with E-state index < -0.39 is 5.41 Å². The highest BCUT2D eigenvalue weighted by molar-refractivity contribution is 7.27. The molecular formula is C71H44N2S. The molecule has 2 heterocycles. The van der Waals surface area contributed by atoms with E-state index in [2.05, 4.69) is 276 Å². The van der Waals surface area contributed by atoms with Gasteiger partial charge in [0.05, 0.1) is 22.1 Å². The van der Waals surface area contributed by atoms with Crippen molar-refractivity contribution in [1.82, 2.24) is 4.57 Å². The number of hydrogen-bond acceptors (Lipinski definition) is 2. The highest BCUT2D eigenvalue weighted by Gasteiger charge is 2.51. The van der Waals surface area contributed by atoms with Crippen LogP contribution in [-0.4, -0.2) is 4.57 Å². The smallest absolute Gasteiger partial charge is 0.0726 e. The van der Waals surface area contributed by atoms with Gasteiger partial charge in [0.25, 0.3) is 0 Å². The lowest BCUT2D eigenvalue weighted by Crippen LogP contribution is -2.26. The Balaban J connectivity index is 0.873. The van der Waals surface area contributed by atoms with E-state index >= 15 is 0 Å². The van der Waals surface area contributed by atoms with Gasteiger partial charge in [0.2, 0.25) is 0 Å². The van der Waals surface area contributed by atoms with Crippen molar-refractivity contribution >= 4 is 81.1 Å². The standard InChI is InChI=1S/C71H44N2S/c1-2-18-52-45(16-1)36-42-61-60-25-15-24-53(69(60)74-70(52)61)47-34-39-49(40-35-47)72(48-37-32-46(33-38-48)51-17-6-12-29-66(51)73-67-30-13-7-22-58(67)59-23-8-14-31-68(59)73)50-41-43-57-56-21-5-11-28-64(56)71(65(57)44-50)62-26-9-3-19-54(62)55-20-4-10-27-63(55)71/h1-44H. The number of thiophene rings is 1. The lowest BCUT2D eigenvalue weighted by molar-refractivity contribution is 0.793. The molecule has 74 heavy (non-hydrogen) atoms. The molecule has 0 unspecified atom stereocenters. The summed E-state index contributed by atoms with van der Waals surface area (Å²) in [6.45, 7) is 0. The summed E-state index contributed by atoms with van der Waals surface area (Å²) in [5.74, 6) is 0. The van der Waals surface area contributed by atoms with Crippen molar-refractivity contribution in [2.45, 2.75) is 5.41 Å². The van der Waals surface area contributed by atoms with E-state index in [4.69, 9.17) is 0 Å². The first kappa shape index (κ1) is 41.3. The minimum Gasteiger partial charge on any atom is -0.310 e. The summed E-state index contributed by atoms with van der Waals surface area (Å²) >= 11 is 1.91. The van der Waals surface area contributed by atoms with Crippen molar-refractivity contribution < 1.29 is 0 Å². The number of benzene rings is 12. The molecule has 2 nitrogen and oxygen atoms in total. The predicted octanol–water partition coefficient (Wildman–Crippen LogP) is 19.5. The third-order valence-electron chi connectivity index (χ3n) is 16.2. The minimum absolute atomic E-state index is 0.459. The number of fused-ring (bicyclic) bond motifs is 18. The van der Waals surface area contributed by atoms with Gasteiger partial charge in [-0.2, -0.15) is 0 Å². The molecule has 1 spiro atoms. The first-order chi connectivity index (χ1) is 36.7. The van der Waals surface area contributed by atoms with E-state index in [0.717, 1.165) is 28.3 Å². The second-order valence-corrected chi connectivity index (χ2v) is 20.9. The minimum atomic E-state index is -0.459. The lowest BCUT2D eigenvalue weighted by atomic mass is 9.70. The number of para-hydroxylation sites is 3. The van der Waals surface area contributed by atoms with Gasteiger partial charge < -0.3 is 9.47 Å². The first-order valence-corrected chi connectivity index (χ1v) is 26.4. The summed E-state index contributed by atoms with van der Waals surface area (Å²) < 4.78 is 5.10. The van der Waals surface area contributed by atoms with E-state index in [0.29, 0.717) is 0 Å². The Morgan fingerprint density at radius 1 is 0.297 bits per heavy atom. The number of rotatable bonds is 6. The van der Waals surface area contributed by atoms with Crippen LogP contribution in [-0.2, 0) is 5.41 Å². The zero-order valence-corrected chi connectivity index (χ0v) is 41.0. The SMILES string of the molecule is c1ccc(-n2c3ccccc3c3ccccc32)c(-c2ccc(N(c3ccc(-c4cccc5c4sc4c6ccccc6ccc54)cc3)c3ccc4c(c3)C3(c5ccccc5-c5ccccc53)c3ccccc3-4)cc2)c1. The van der Waals surface area contributed by atoms with Crippen LogP contribution < -0.4 is 4.90 Å². The van der Waals surface area contributed by atoms with E-state index in [9.17, 15) is 0 Å². The molecule has 0 N–H and O–H groups in total. The first-order valence-electron chi connectivity index (χ1n) is 25.6. The van der Waals surface area contributed by atoms with Gasteiger partial charge in [0.1, 0.15) is 0 Å². The van der Waals surface area contributed by atoms with Crippen LogP contribution in [0.3, 0.4) is 0 Å². The van der Waals surface area contributed by atoms with Crippen molar-refractivity contribution in [2.24, 2.45) is 0 Å². The summed E-state index contributed by atoms with van der Waals surface area (Å²) in [7, 11) is 0. The van der Waals surface area contributed by atoms with Crippen LogP contribution in [0.25, 0.3) is 103 Å². The predicted molar refractivity (Wildman–Crippen MR) is 313 cm³/mol. The Kier molecular flexibility index (Phi) is 8.86. The molecule has 2 aromatic heterocycles. The molecule has 14 aromatic rings. The normalized spacial score (nSPS) is 13.0. The molecule has 0 aliphatic heterocycles. The fourth-order valence-electron chi connectivity index (χ4n) is 13.1. The zero-order valence-electron chi connectivity index (χ0n) is 40.2. The van der Waals surface area contributed by atoms with Gasteiger partial charge in [0.15, 0.2) is 0 Å². The summed E-state index contributed by atoms with van der Waals surface area (Å²) in [6.07, 6.45) is 0. The Hall–Kier alpha value is -9.28. The maximum absolute atomic E-state index is 2.50. The lowest BCUT2D eigenvalue weighted by Gasteiger charge is -2.32. The van der Waals surface area contributed by atoms with Crippen LogP contribution in [0.2, 0.25) is 0 Å². The van der Waals surface area contributed by atoms with E-state index in [1.807, 2.05) is 11.3 Å². The molecule has 0 radical (unpaired) electrons. The molecule has 344 valence electrons. The summed E-state index contributed by atoms with van der Waals surface area (Å²) in [6, 6.07) is 99.5. The molecule has 0 atom stereocenters. The number of nitrogens with zero attached hydrogens (tertiary/aromatic N) is 2. The van der Waals surface area contributed by atoms with Crippen LogP contribution in [0.5, 0.6) is 0 Å². The van der Waals surface area contributed by atoms with Crippen molar-refractivity contribution in [3.05, 3.63) is 289 Å². The van der Waals surface area contributed by atoms with Crippen molar-refractivity contribution in [3.8, 4) is 50.2 Å². The summed E-state index contributed by atoms with van der Waals surface area (Å²) in [5, 5.41) is 7.73. The molecule has 2 aliphatic carbocycles. The average molecular weight is 957 g/mol. The fourth-order valence-corrected chi connectivity index (χ4v) is 14.5. The Labute approximate surface area is 432 Å². The monoisotopic (exact) mass is 956 g/mol. The van der Waals surface area contributed by atoms with Crippen molar-refractivity contribution in [1.29, 1.82) is 0 Å². The van der Waals surface area contributed by atoms with Crippen LogP contribution in [0.15, 0.2) is 267 Å². The van der Waals surface area contributed by atoms with E-state index in [1.165, 1.54) is 114 Å². The number of anilines is 3. The van der Waals surface area contributed by atoms with Gasteiger partial charge in [-0.05, 0) is 127 Å². The second-order valence-electron chi connectivity index (χ2n) is 19.9. The van der Waals surface area contributed by atoms with E-state index in [1.54, 1.807) is 0 Å². The van der Waals surface area contributed by atoms with Crippen LogP contribution in [0, 0.1) is 0 Å². The second kappa shape index (κ2) is 15.9. The maximum atomic E-state index is 2.50. The molecule has 0 fully saturated rings. The zero-order chi connectivity index (χ0) is 48.5. The molecule has 0 amide bonds. The highest BCUT2D eigenvalue weighted by Crippen LogP contribution is 2.63. The molecule has 0 saturated carbocycles. The Morgan fingerprint density at radius 3 is 1.39 bits per heavy atom. The maximum Gasteiger partial charge on any atom is 0.0726 e. The van der Waals surface area contributed by atoms with Gasteiger partial charge in [-0.15, -0.1) is 11.3 Å². The summed E-state index contributed by atoms with van der Waals surface area (Å²) in [5.41, 5.74) is 21.7. The van der Waals surface area contributed by atoms with Crippen LogP contribution in [0.1, 0.15) is 22.3 Å². The fraction of sp³-hybridized carbons (Fsp3) is 0.0141. The molecule has 3 heteroatoms. The average Bonchev–Trinajstić information content (AvgIpc) is 4.24. The molecular weight excluding hydrogens is 913 g/mol. The molecule has 0 bridgehead atoms. The molecule has 0 saturated heterocycles. The van der Waals surface area contributed by atoms with Crippen LogP contribution in [0.4, 0.5) is 17.1 Å². The Morgan fingerprint density at radius 2 is 0.757 bits per heavy atom. The topological polar surface area (TPSA) is 8.17 Å². The third-order valence-corrected chi connectivity index (χ3v) is 17.5. The molecule has 12 aromatic carbocycles. The van der Waals surface area contributed by atoms with Gasteiger partial charge >= 0.3 is 0 Å². The number of hydrogen-bond donors (Lipinski definition) is 0. The highest BCUT2D eigenvalue weighted by atomic mass is 32.1. The number of aromatic nitrogens is 1. The van der Waals surface area contributed by atoms with Crippen LogP contribution >= 0.6 is 11.3 Å². The third kappa shape index (κ3) is 5.76.